The second-order valence-electron chi connectivity index (χ2n) is 5.62. The van der Waals surface area contributed by atoms with E-state index < -0.39 is 29.9 Å². The van der Waals surface area contributed by atoms with Crippen LogP contribution < -0.4 is 0 Å². The van der Waals surface area contributed by atoms with Crippen molar-refractivity contribution in [3.05, 3.63) is 0 Å². The third kappa shape index (κ3) is 3.07. The van der Waals surface area contributed by atoms with E-state index in [1.54, 1.807) is 0 Å². The van der Waals surface area contributed by atoms with Gasteiger partial charge in [0.1, 0.15) is 0 Å². The van der Waals surface area contributed by atoms with Crippen LogP contribution in [0.25, 0.3) is 0 Å². The molecule has 7 heteroatoms. The van der Waals surface area contributed by atoms with Gasteiger partial charge < -0.3 is 10.0 Å². The number of nitrogens with zero attached hydrogens (tertiary/aromatic N) is 1. The molecule has 0 radical (unpaired) electrons. The molecule has 1 saturated heterocycles. The second kappa shape index (κ2) is 5.61. The van der Waals surface area contributed by atoms with Crippen LogP contribution in [0.1, 0.15) is 32.1 Å². The number of halogens is 3. The number of carboxylic acids is 1. The lowest BCUT2D eigenvalue weighted by atomic mass is 9.91. The predicted octanol–water partition coefficient (Wildman–Crippen LogP) is 2.29. The van der Waals surface area contributed by atoms with E-state index >= 15 is 0 Å². The molecule has 0 aromatic carbocycles. The van der Waals surface area contributed by atoms with Gasteiger partial charge in [0, 0.05) is 13.1 Å². The highest BCUT2D eigenvalue weighted by atomic mass is 19.4. The molecule has 1 aliphatic carbocycles. The zero-order valence-electron chi connectivity index (χ0n) is 11.0. The third-order valence-electron chi connectivity index (χ3n) is 4.42. The minimum absolute atomic E-state index is 0.0752. The van der Waals surface area contributed by atoms with Crippen molar-refractivity contribution in [2.24, 2.45) is 17.8 Å². The lowest BCUT2D eigenvalue weighted by molar-refractivity contribution is -0.187. The standard InChI is InChI=1S/C13H18F3NO3/c14-13(15,16)8-4-6-17(7-5-8)11(18)9-2-1-3-10(9)12(19)20/h8-10H,1-7H2,(H,19,20)/t9-,10+/m1/s1. The van der Waals surface area contributed by atoms with Gasteiger partial charge in [-0.2, -0.15) is 13.2 Å². The summed E-state index contributed by atoms with van der Waals surface area (Å²) in [5, 5.41) is 9.06. The van der Waals surface area contributed by atoms with Crippen LogP contribution in [0.3, 0.4) is 0 Å². The molecule has 1 amide bonds. The van der Waals surface area contributed by atoms with Crippen molar-refractivity contribution in [2.75, 3.05) is 13.1 Å². The highest BCUT2D eigenvalue weighted by Crippen LogP contribution is 2.37. The number of amides is 1. The molecular weight excluding hydrogens is 275 g/mol. The van der Waals surface area contributed by atoms with Crippen molar-refractivity contribution in [3.63, 3.8) is 0 Å². The molecule has 2 fully saturated rings. The minimum atomic E-state index is -4.20. The molecule has 0 aromatic heterocycles. The van der Waals surface area contributed by atoms with Gasteiger partial charge in [0.15, 0.2) is 0 Å². The summed E-state index contributed by atoms with van der Waals surface area (Å²) in [6.07, 6.45) is -2.68. The van der Waals surface area contributed by atoms with Gasteiger partial charge in [-0.1, -0.05) is 6.42 Å². The molecule has 1 heterocycles. The minimum Gasteiger partial charge on any atom is -0.481 e. The predicted molar refractivity (Wildman–Crippen MR) is 63.8 cm³/mol. The first-order valence-corrected chi connectivity index (χ1v) is 6.89. The zero-order chi connectivity index (χ0) is 14.9. The Morgan fingerprint density at radius 1 is 1.00 bits per heavy atom. The molecule has 114 valence electrons. The fourth-order valence-electron chi connectivity index (χ4n) is 3.21. The van der Waals surface area contributed by atoms with Gasteiger partial charge in [-0.3, -0.25) is 9.59 Å². The van der Waals surface area contributed by atoms with Gasteiger partial charge in [0.2, 0.25) is 5.91 Å². The average molecular weight is 293 g/mol. The summed E-state index contributed by atoms with van der Waals surface area (Å²) in [5.41, 5.74) is 0. The summed E-state index contributed by atoms with van der Waals surface area (Å²) in [4.78, 5) is 24.7. The van der Waals surface area contributed by atoms with Gasteiger partial charge in [-0.25, -0.2) is 0 Å². The summed E-state index contributed by atoms with van der Waals surface area (Å²) in [6.45, 7) is 0.150. The maximum Gasteiger partial charge on any atom is 0.391 e. The monoisotopic (exact) mass is 293 g/mol. The lowest BCUT2D eigenvalue weighted by Gasteiger charge is -2.34. The Kier molecular flexibility index (Phi) is 4.25. The summed E-state index contributed by atoms with van der Waals surface area (Å²) >= 11 is 0. The lowest BCUT2D eigenvalue weighted by Crippen LogP contribution is -2.45. The van der Waals surface area contributed by atoms with Gasteiger partial charge in [0.05, 0.1) is 17.8 Å². The molecule has 1 aliphatic heterocycles. The van der Waals surface area contributed by atoms with Crippen molar-refractivity contribution >= 4 is 11.9 Å². The Morgan fingerprint density at radius 3 is 2.05 bits per heavy atom. The van der Waals surface area contributed by atoms with Crippen molar-refractivity contribution < 1.29 is 27.9 Å². The van der Waals surface area contributed by atoms with Crippen LogP contribution in [0, 0.1) is 17.8 Å². The molecule has 0 unspecified atom stereocenters. The third-order valence-corrected chi connectivity index (χ3v) is 4.42. The number of hydrogen-bond acceptors (Lipinski definition) is 2. The average Bonchev–Trinajstić information content (AvgIpc) is 2.86. The maximum absolute atomic E-state index is 12.6. The Hall–Kier alpha value is -1.27. The van der Waals surface area contributed by atoms with Gasteiger partial charge in [-0.15, -0.1) is 0 Å². The Balaban J connectivity index is 1.93. The molecule has 2 rings (SSSR count). The molecule has 0 aromatic rings. The van der Waals surface area contributed by atoms with Crippen LogP contribution in [-0.4, -0.2) is 41.1 Å². The first-order valence-electron chi connectivity index (χ1n) is 6.89. The quantitative estimate of drug-likeness (QED) is 0.850. The van der Waals surface area contributed by atoms with Crippen LogP contribution >= 0.6 is 0 Å². The number of carbonyl (C=O) groups is 2. The SMILES string of the molecule is O=C(O)[C@H]1CCC[C@H]1C(=O)N1CCC(C(F)(F)F)CC1. The number of likely N-dealkylation sites (tertiary alicyclic amines) is 1. The largest absolute Gasteiger partial charge is 0.481 e. The molecule has 1 N–H and O–H groups in total. The summed E-state index contributed by atoms with van der Waals surface area (Å²) in [7, 11) is 0. The topological polar surface area (TPSA) is 57.6 Å². The van der Waals surface area contributed by atoms with Crippen LogP contribution in [0.2, 0.25) is 0 Å². The van der Waals surface area contributed by atoms with Crippen LogP contribution in [0.5, 0.6) is 0 Å². The number of hydrogen-bond donors (Lipinski definition) is 1. The van der Waals surface area contributed by atoms with Crippen LogP contribution in [0.4, 0.5) is 13.2 Å². The van der Waals surface area contributed by atoms with Crippen molar-refractivity contribution in [2.45, 2.75) is 38.3 Å². The molecule has 4 nitrogen and oxygen atoms in total. The highest BCUT2D eigenvalue weighted by Gasteiger charge is 2.44. The number of piperidine rings is 1. The van der Waals surface area contributed by atoms with E-state index in [0.717, 1.165) is 0 Å². The van der Waals surface area contributed by atoms with E-state index in [4.69, 9.17) is 5.11 Å². The summed E-state index contributed by atoms with van der Waals surface area (Å²) < 4.78 is 37.7. The van der Waals surface area contributed by atoms with Gasteiger partial charge in [-0.05, 0) is 25.7 Å². The van der Waals surface area contributed by atoms with Crippen molar-refractivity contribution in [1.82, 2.24) is 4.90 Å². The zero-order valence-corrected chi connectivity index (χ0v) is 11.0. The molecule has 2 atom stereocenters. The smallest absolute Gasteiger partial charge is 0.391 e. The van der Waals surface area contributed by atoms with Crippen molar-refractivity contribution in [3.8, 4) is 0 Å². The fourth-order valence-corrected chi connectivity index (χ4v) is 3.21. The van der Waals surface area contributed by atoms with E-state index in [1.165, 1.54) is 4.90 Å². The number of aliphatic carboxylic acids is 1. The Morgan fingerprint density at radius 2 is 1.55 bits per heavy atom. The van der Waals surface area contributed by atoms with Gasteiger partial charge >= 0.3 is 12.1 Å². The molecular formula is C13H18F3NO3. The number of carbonyl (C=O) groups excluding carboxylic acids is 1. The molecule has 2 aliphatic rings. The Labute approximate surface area is 114 Å². The fraction of sp³-hybridized carbons (Fsp3) is 0.846. The molecule has 20 heavy (non-hydrogen) atoms. The first kappa shape index (κ1) is 15.1. The maximum atomic E-state index is 12.6. The summed E-state index contributed by atoms with van der Waals surface area (Å²) in [6, 6.07) is 0. The number of alkyl halides is 3. The number of carboxylic acid groups (broad SMARTS) is 1. The van der Waals surface area contributed by atoms with Gasteiger partial charge in [0.25, 0.3) is 0 Å². The van der Waals surface area contributed by atoms with Crippen molar-refractivity contribution in [1.29, 1.82) is 0 Å². The van der Waals surface area contributed by atoms with E-state index in [2.05, 4.69) is 0 Å². The van der Waals surface area contributed by atoms with E-state index in [0.29, 0.717) is 19.3 Å². The van der Waals surface area contributed by atoms with E-state index in [1.807, 2.05) is 0 Å². The summed E-state index contributed by atoms with van der Waals surface area (Å²) in [5.74, 6) is -3.84. The van der Waals surface area contributed by atoms with Crippen LogP contribution in [0.15, 0.2) is 0 Å². The van der Waals surface area contributed by atoms with E-state index in [-0.39, 0.29) is 31.8 Å². The molecule has 1 saturated carbocycles. The van der Waals surface area contributed by atoms with Crippen LogP contribution in [-0.2, 0) is 9.59 Å². The number of rotatable bonds is 2. The Bertz CT molecular complexity index is 389. The second-order valence-corrected chi connectivity index (χ2v) is 5.62. The normalized spacial score (nSPS) is 28.6. The van der Waals surface area contributed by atoms with E-state index in [9.17, 15) is 22.8 Å². The molecule has 0 spiro atoms. The first-order chi connectivity index (χ1) is 9.30. The molecule has 0 bridgehead atoms. The highest BCUT2D eigenvalue weighted by molar-refractivity contribution is 5.85.